The van der Waals surface area contributed by atoms with Crippen LogP contribution in [0.4, 0.5) is 15.8 Å². The minimum absolute atomic E-state index is 0.237. The number of hydrogen-bond acceptors (Lipinski definition) is 3. The van der Waals surface area contributed by atoms with Crippen molar-refractivity contribution in [2.45, 2.75) is 25.6 Å². The zero-order chi connectivity index (χ0) is 23.3. The van der Waals surface area contributed by atoms with E-state index in [1.807, 2.05) is 32.0 Å². The fraction of sp³-hybridized carbons (Fsp3) is 0.200. The molecule has 5 nitrogen and oxygen atoms in total. The summed E-state index contributed by atoms with van der Waals surface area (Å²) in [6.07, 6.45) is 0. The number of carbonyl (C=O) groups excluding carboxylic acids is 1. The van der Waals surface area contributed by atoms with Gasteiger partial charge in [-0.05, 0) is 80.7 Å². The van der Waals surface area contributed by atoms with Gasteiger partial charge in [-0.3, -0.25) is 9.69 Å². The van der Waals surface area contributed by atoms with Crippen molar-refractivity contribution in [3.05, 3.63) is 88.7 Å². The summed E-state index contributed by atoms with van der Waals surface area (Å²) in [4.78, 5) is 15.5. The predicted octanol–water partition coefficient (Wildman–Crippen LogP) is 5.59. The minimum Gasteiger partial charge on any atom is -0.467 e. The van der Waals surface area contributed by atoms with E-state index in [0.29, 0.717) is 27.3 Å². The Hall–Kier alpha value is -3.16. The Bertz CT molecular complexity index is 1250. The Labute approximate surface area is 201 Å². The lowest BCUT2D eigenvalue weighted by molar-refractivity contribution is -0.130. The van der Waals surface area contributed by atoms with Crippen molar-refractivity contribution in [1.29, 1.82) is 0 Å². The van der Waals surface area contributed by atoms with Gasteiger partial charge in [-0.1, -0.05) is 29.3 Å². The van der Waals surface area contributed by atoms with E-state index < -0.39 is 17.7 Å². The fourth-order valence-electron chi connectivity index (χ4n) is 4.64. The molecule has 2 aliphatic rings. The molecule has 0 aromatic heterocycles. The average molecular weight is 482 g/mol. The van der Waals surface area contributed by atoms with Gasteiger partial charge >= 0.3 is 0 Å². The third kappa shape index (κ3) is 3.71. The topological polar surface area (TPSA) is 53.6 Å². The second-order valence-corrected chi connectivity index (χ2v) is 9.23. The molecule has 0 saturated carbocycles. The third-order valence-electron chi connectivity index (χ3n) is 6.13. The van der Waals surface area contributed by atoms with Crippen LogP contribution in [0.5, 0.6) is 5.75 Å². The van der Waals surface area contributed by atoms with E-state index in [1.54, 1.807) is 41.3 Å². The number of hydrogen-bond donors (Lipinski definition) is 2. The molecule has 0 spiro atoms. The standard InChI is InChI=1S/C25H21ClFN3O2S/c1-14-3-12-20-19(13-14)22-21(23(31)28-17-8-4-15(26)5-9-17)25(2,32-20)30(24(33)29-22)18-10-6-16(27)7-11-18/h3-13,21-22H,1-2H3,(H,28,31)(H,29,33)/t21-,22-,25+/m1/s1. The van der Waals surface area contributed by atoms with E-state index in [0.717, 1.165) is 11.1 Å². The summed E-state index contributed by atoms with van der Waals surface area (Å²) in [5.74, 6) is -0.607. The Kier molecular flexibility index (Phi) is 5.26. The lowest BCUT2D eigenvalue weighted by Crippen LogP contribution is -2.72. The van der Waals surface area contributed by atoms with Gasteiger partial charge in [0.2, 0.25) is 5.91 Å². The van der Waals surface area contributed by atoms with Crippen molar-refractivity contribution >= 4 is 46.2 Å². The highest BCUT2D eigenvalue weighted by atomic mass is 35.5. The number of ether oxygens (including phenoxy) is 1. The Morgan fingerprint density at radius 2 is 1.85 bits per heavy atom. The molecule has 0 radical (unpaired) electrons. The first-order chi connectivity index (χ1) is 15.8. The lowest BCUT2D eigenvalue weighted by atomic mass is 9.78. The van der Waals surface area contributed by atoms with Gasteiger partial charge in [-0.2, -0.15) is 0 Å². The van der Waals surface area contributed by atoms with Crippen LogP contribution in [-0.2, 0) is 4.79 Å². The summed E-state index contributed by atoms with van der Waals surface area (Å²) >= 11 is 11.7. The van der Waals surface area contributed by atoms with Gasteiger partial charge in [0, 0.05) is 22.0 Å². The molecule has 1 amide bonds. The molecule has 5 rings (SSSR count). The zero-order valence-electron chi connectivity index (χ0n) is 17.9. The smallest absolute Gasteiger partial charge is 0.236 e. The van der Waals surface area contributed by atoms with E-state index in [4.69, 9.17) is 28.6 Å². The maximum Gasteiger partial charge on any atom is 0.236 e. The third-order valence-corrected chi connectivity index (χ3v) is 6.68. The van der Waals surface area contributed by atoms with Gasteiger partial charge < -0.3 is 15.4 Å². The molecule has 8 heteroatoms. The van der Waals surface area contributed by atoms with Gasteiger partial charge in [-0.15, -0.1) is 0 Å². The maximum absolute atomic E-state index is 13.7. The van der Waals surface area contributed by atoms with E-state index in [2.05, 4.69) is 10.6 Å². The number of nitrogens with zero attached hydrogens (tertiary/aromatic N) is 1. The number of anilines is 2. The van der Waals surface area contributed by atoms with Crippen LogP contribution in [0.15, 0.2) is 66.7 Å². The van der Waals surface area contributed by atoms with Crippen LogP contribution in [0.3, 0.4) is 0 Å². The quantitative estimate of drug-likeness (QED) is 0.478. The molecule has 2 heterocycles. The molecule has 3 aromatic rings. The molecule has 33 heavy (non-hydrogen) atoms. The SMILES string of the molecule is Cc1ccc2c(c1)[C@H]1NC(=S)N(c3ccc(F)cc3)[C@@](C)(O2)[C@H]1C(=O)Nc1ccc(Cl)cc1. The molecule has 0 aliphatic carbocycles. The fourth-order valence-corrected chi connectivity index (χ4v) is 5.18. The molecular formula is C25H21ClFN3O2S. The van der Waals surface area contributed by atoms with Crippen LogP contribution in [-0.4, -0.2) is 16.7 Å². The number of carbonyl (C=O) groups is 1. The van der Waals surface area contributed by atoms with Crippen molar-refractivity contribution in [3.8, 4) is 5.75 Å². The van der Waals surface area contributed by atoms with Gasteiger partial charge in [0.1, 0.15) is 17.5 Å². The molecule has 3 aromatic carbocycles. The van der Waals surface area contributed by atoms with Crippen molar-refractivity contribution in [3.63, 3.8) is 0 Å². The molecule has 2 bridgehead atoms. The van der Waals surface area contributed by atoms with E-state index in [1.165, 1.54) is 12.1 Å². The number of nitrogens with one attached hydrogen (secondary N) is 2. The minimum atomic E-state index is -1.16. The Morgan fingerprint density at radius 3 is 2.55 bits per heavy atom. The van der Waals surface area contributed by atoms with Crippen LogP contribution in [0, 0.1) is 18.7 Å². The predicted molar refractivity (Wildman–Crippen MR) is 131 cm³/mol. The Balaban J connectivity index is 1.62. The van der Waals surface area contributed by atoms with Crippen molar-refractivity contribution in [2.75, 3.05) is 10.2 Å². The maximum atomic E-state index is 13.7. The van der Waals surface area contributed by atoms with Crippen LogP contribution in [0.2, 0.25) is 5.02 Å². The summed E-state index contributed by atoms with van der Waals surface area (Å²) in [7, 11) is 0. The second kappa shape index (κ2) is 8.01. The second-order valence-electron chi connectivity index (χ2n) is 8.41. The van der Waals surface area contributed by atoms with Crippen LogP contribution < -0.4 is 20.3 Å². The highest BCUT2D eigenvalue weighted by Gasteiger charge is 2.59. The summed E-state index contributed by atoms with van der Waals surface area (Å²) < 4.78 is 20.2. The number of benzene rings is 3. The van der Waals surface area contributed by atoms with Crippen molar-refractivity contribution < 1.29 is 13.9 Å². The number of fused-ring (bicyclic) bond motifs is 4. The van der Waals surface area contributed by atoms with Crippen molar-refractivity contribution in [1.82, 2.24) is 5.32 Å². The van der Waals surface area contributed by atoms with Gasteiger partial charge in [0.15, 0.2) is 10.8 Å². The van der Waals surface area contributed by atoms with E-state index in [9.17, 15) is 9.18 Å². The number of aryl methyl sites for hydroxylation is 1. The van der Waals surface area contributed by atoms with Crippen LogP contribution in [0.25, 0.3) is 0 Å². The number of rotatable bonds is 3. The number of amides is 1. The zero-order valence-corrected chi connectivity index (χ0v) is 19.5. The number of thiocarbonyl (C=S) groups is 1. The normalized spacial score (nSPS) is 23.3. The molecule has 0 unspecified atom stereocenters. The highest BCUT2D eigenvalue weighted by Crippen LogP contribution is 2.50. The Morgan fingerprint density at radius 1 is 1.15 bits per heavy atom. The summed E-state index contributed by atoms with van der Waals surface area (Å²) in [6.45, 7) is 3.83. The highest BCUT2D eigenvalue weighted by molar-refractivity contribution is 7.80. The monoisotopic (exact) mass is 481 g/mol. The molecule has 168 valence electrons. The molecule has 1 fully saturated rings. The first-order valence-corrected chi connectivity index (χ1v) is 11.3. The molecule has 3 atom stereocenters. The van der Waals surface area contributed by atoms with E-state index >= 15 is 0 Å². The lowest BCUT2D eigenvalue weighted by Gasteiger charge is -2.56. The van der Waals surface area contributed by atoms with Crippen LogP contribution in [0.1, 0.15) is 24.1 Å². The summed E-state index contributed by atoms with van der Waals surface area (Å²) in [5.41, 5.74) is 1.99. The van der Waals surface area contributed by atoms with E-state index in [-0.39, 0.29) is 11.7 Å². The van der Waals surface area contributed by atoms with Gasteiger partial charge in [-0.25, -0.2) is 4.39 Å². The van der Waals surface area contributed by atoms with Gasteiger partial charge in [0.05, 0.1) is 6.04 Å². The molecule has 2 N–H and O–H groups in total. The first-order valence-electron chi connectivity index (χ1n) is 10.5. The molecule has 2 aliphatic heterocycles. The summed E-state index contributed by atoms with van der Waals surface area (Å²) in [5, 5.41) is 7.31. The first kappa shape index (κ1) is 21.7. The molecule has 1 saturated heterocycles. The largest absolute Gasteiger partial charge is 0.467 e. The molecular weight excluding hydrogens is 461 g/mol. The number of halogens is 2. The van der Waals surface area contributed by atoms with Gasteiger partial charge in [0.25, 0.3) is 0 Å². The van der Waals surface area contributed by atoms with Crippen LogP contribution >= 0.6 is 23.8 Å². The summed E-state index contributed by atoms with van der Waals surface area (Å²) in [6, 6.07) is 18.4. The van der Waals surface area contributed by atoms with Crippen molar-refractivity contribution in [2.24, 2.45) is 5.92 Å². The average Bonchev–Trinajstić information content (AvgIpc) is 2.77.